The van der Waals surface area contributed by atoms with Crippen LogP contribution in [-0.2, 0) is 29.5 Å². The van der Waals surface area contributed by atoms with E-state index < -0.39 is 34.5 Å². The molecule has 0 saturated carbocycles. The van der Waals surface area contributed by atoms with Crippen LogP contribution in [0.5, 0.6) is 5.75 Å². The summed E-state index contributed by atoms with van der Waals surface area (Å²) in [6.07, 6.45) is -2.06. The number of aryl methyl sites for hydroxylation is 1. The summed E-state index contributed by atoms with van der Waals surface area (Å²) in [5.41, 5.74) is 0.545. The molecule has 0 bridgehead atoms. The molecule has 5 aromatic rings. The molecule has 4 heterocycles. The molecule has 2 aromatic carbocycles. The zero-order valence-electron chi connectivity index (χ0n) is 30.2. The molecule has 18 heteroatoms. The number of fused-ring (bicyclic) bond motifs is 3. The molecule has 2 amide bonds. The van der Waals surface area contributed by atoms with Gasteiger partial charge in [0.05, 0.1) is 22.0 Å². The molecule has 0 radical (unpaired) electrons. The van der Waals surface area contributed by atoms with Gasteiger partial charge >= 0.3 is 6.18 Å². The van der Waals surface area contributed by atoms with Crippen molar-refractivity contribution in [3.05, 3.63) is 96.9 Å². The van der Waals surface area contributed by atoms with Gasteiger partial charge in [-0.1, -0.05) is 42.3 Å². The van der Waals surface area contributed by atoms with Crippen LogP contribution in [0.1, 0.15) is 70.7 Å². The number of rotatable bonds is 7. The summed E-state index contributed by atoms with van der Waals surface area (Å²) in [7, 11) is 3.84. The van der Waals surface area contributed by atoms with Gasteiger partial charge < -0.3 is 24.8 Å². The highest BCUT2D eigenvalue weighted by molar-refractivity contribution is 6.33. The molecule has 0 unspecified atom stereocenters. The molecular weight excluding hydrogens is 762 g/mol. The standard InChI is InChI=1S/C37H36Cl2F3N9O4/c1-19-15-36(9-11-49(12-10-36)34(55)29-31(53)20(2)43-18-44-29)28-30(19)50(17-27(52)45-26-8-7-23(14-25(26)39)37(40,41)42)35-46-32(47-51(35)33(28)54)21-5-6-22(16-48(3)4)24(38)13-21/h5-8,13-14,18-19,53H,9-12,15-17H2,1-4H3,(H,45,52)/t19-/m1/s1. The van der Waals surface area contributed by atoms with Crippen LogP contribution in [0, 0.1) is 6.92 Å². The highest BCUT2D eigenvalue weighted by atomic mass is 35.5. The van der Waals surface area contributed by atoms with Gasteiger partial charge in [-0.3, -0.25) is 14.4 Å². The number of nitrogens with zero attached hydrogens (tertiary/aromatic N) is 8. The Bertz CT molecular complexity index is 2420. The summed E-state index contributed by atoms with van der Waals surface area (Å²) in [5.74, 6) is -1.32. The average molecular weight is 799 g/mol. The number of piperidine rings is 1. The van der Waals surface area contributed by atoms with Gasteiger partial charge in [0.25, 0.3) is 11.5 Å². The van der Waals surface area contributed by atoms with Crippen molar-refractivity contribution in [2.45, 2.75) is 63.7 Å². The monoisotopic (exact) mass is 797 g/mol. The Morgan fingerprint density at radius 3 is 2.45 bits per heavy atom. The molecule has 1 atom stereocenters. The smallest absolute Gasteiger partial charge is 0.416 e. The zero-order chi connectivity index (χ0) is 39.6. The van der Waals surface area contributed by atoms with Crippen molar-refractivity contribution in [1.29, 1.82) is 0 Å². The number of likely N-dealkylation sites (tertiary alicyclic amines) is 1. The van der Waals surface area contributed by atoms with Gasteiger partial charge in [-0.25, -0.2) is 9.97 Å². The second kappa shape index (κ2) is 14.2. The van der Waals surface area contributed by atoms with Crippen molar-refractivity contribution < 1.29 is 27.9 Å². The fourth-order valence-electron chi connectivity index (χ4n) is 7.79. The SMILES string of the molecule is Cc1ncnc(C(=O)N2CCC3(CC2)C[C@@H](C)c2c3c(=O)n3nc(-c4ccc(CN(C)C)c(Cl)c4)nc3n2CC(=O)Nc2ccc(C(F)(F)F)cc2Cl)c1O. The number of nitrogens with one attached hydrogen (secondary N) is 1. The first-order valence-electron chi connectivity index (χ1n) is 17.4. The van der Waals surface area contributed by atoms with Crippen molar-refractivity contribution >= 4 is 46.5 Å². The van der Waals surface area contributed by atoms with Crippen molar-refractivity contribution in [2.24, 2.45) is 0 Å². The van der Waals surface area contributed by atoms with Crippen LogP contribution in [-0.4, -0.2) is 83.0 Å². The van der Waals surface area contributed by atoms with E-state index in [0.717, 1.165) is 23.8 Å². The lowest BCUT2D eigenvalue weighted by molar-refractivity contribution is -0.137. The normalized spacial score (nSPS) is 16.6. The molecule has 1 saturated heterocycles. The minimum atomic E-state index is -4.62. The summed E-state index contributed by atoms with van der Waals surface area (Å²) in [4.78, 5) is 58.0. The topological polar surface area (TPSA) is 151 Å². The lowest BCUT2D eigenvalue weighted by atomic mass is 9.73. The molecule has 3 aromatic heterocycles. The Balaban J connectivity index is 1.29. The van der Waals surface area contributed by atoms with Crippen LogP contribution in [0.4, 0.5) is 18.9 Å². The van der Waals surface area contributed by atoms with Gasteiger partial charge in [0.2, 0.25) is 11.7 Å². The Morgan fingerprint density at radius 2 is 1.80 bits per heavy atom. The van der Waals surface area contributed by atoms with Crippen LogP contribution in [0.2, 0.25) is 10.0 Å². The lowest BCUT2D eigenvalue weighted by Gasteiger charge is -2.39. The van der Waals surface area contributed by atoms with Crippen LogP contribution in [0.3, 0.4) is 0 Å². The molecule has 1 spiro atoms. The summed E-state index contributed by atoms with van der Waals surface area (Å²) >= 11 is 12.8. The minimum Gasteiger partial charge on any atom is -0.504 e. The Morgan fingerprint density at radius 1 is 1.07 bits per heavy atom. The molecule has 1 fully saturated rings. The zero-order valence-corrected chi connectivity index (χ0v) is 31.7. The maximum Gasteiger partial charge on any atom is 0.416 e. The van der Waals surface area contributed by atoms with Crippen molar-refractivity contribution in [3.63, 3.8) is 0 Å². The van der Waals surface area contributed by atoms with E-state index in [-0.39, 0.29) is 65.0 Å². The average Bonchev–Trinajstić information content (AvgIpc) is 3.69. The summed E-state index contributed by atoms with van der Waals surface area (Å²) in [5, 5.41) is 17.9. The van der Waals surface area contributed by atoms with Gasteiger partial charge in [-0.05, 0) is 76.0 Å². The largest absolute Gasteiger partial charge is 0.504 e. The number of benzene rings is 2. The first-order chi connectivity index (χ1) is 26.0. The van der Waals surface area contributed by atoms with E-state index in [1.807, 2.05) is 32.0 Å². The van der Waals surface area contributed by atoms with E-state index >= 15 is 0 Å². The third-order valence-electron chi connectivity index (χ3n) is 10.4. The van der Waals surface area contributed by atoms with Gasteiger partial charge in [-0.15, -0.1) is 5.10 Å². The number of hydrogen-bond acceptors (Lipinski definition) is 9. The summed E-state index contributed by atoms with van der Waals surface area (Å²) in [6, 6.07) is 8.02. The van der Waals surface area contributed by atoms with E-state index in [1.165, 1.54) is 10.8 Å². The van der Waals surface area contributed by atoms with Gasteiger partial charge in [0.1, 0.15) is 12.9 Å². The van der Waals surface area contributed by atoms with E-state index in [1.54, 1.807) is 28.5 Å². The molecule has 13 nitrogen and oxygen atoms in total. The molecular formula is C37H36Cl2F3N9O4. The highest BCUT2D eigenvalue weighted by Crippen LogP contribution is 2.50. The molecule has 7 rings (SSSR count). The van der Waals surface area contributed by atoms with Gasteiger partial charge in [0, 0.05) is 46.9 Å². The molecule has 1 aliphatic heterocycles. The van der Waals surface area contributed by atoms with Crippen molar-refractivity contribution in [1.82, 2.24) is 38.9 Å². The van der Waals surface area contributed by atoms with E-state index in [9.17, 15) is 32.7 Å². The molecule has 55 heavy (non-hydrogen) atoms. The second-order valence-corrected chi connectivity index (χ2v) is 15.2. The number of halogens is 5. The van der Waals surface area contributed by atoms with Crippen LogP contribution >= 0.6 is 23.2 Å². The Kier molecular flexibility index (Phi) is 9.88. The van der Waals surface area contributed by atoms with Crippen molar-refractivity contribution in [3.8, 4) is 17.1 Å². The van der Waals surface area contributed by atoms with E-state index in [4.69, 9.17) is 28.2 Å². The Labute approximate surface area is 322 Å². The summed E-state index contributed by atoms with van der Waals surface area (Å²) < 4.78 is 42.7. The molecule has 2 N–H and O–H groups in total. The maximum atomic E-state index is 14.6. The number of carbonyl (C=O) groups is 2. The molecule has 1 aliphatic carbocycles. The number of carbonyl (C=O) groups excluding carboxylic acids is 2. The predicted octanol–water partition coefficient (Wildman–Crippen LogP) is 6.07. The van der Waals surface area contributed by atoms with Crippen LogP contribution in [0.15, 0.2) is 47.5 Å². The number of amides is 2. The first-order valence-corrected chi connectivity index (χ1v) is 18.2. The predicted molar refractivity (Wildman–Crippen MR) is 198 cm³/mol. The first kappa shape index (κ1) is 38.2. The quantitative estimate of drug-likeness (QED) is 0.200. The number of aromatic hydroxyl groups is 1. The third-order valence-corrected chi connectivity index (χ3v) is 11.0. The second-order valence-electron chi connectivity index (χ2n) is 14.4. The number of anilines is 1. The van der Waals surface area contributed by atoms with Gasteiger partial charge in [0.15, 0.2) is 17.3 Å². The number of aromatic nitrogens is 6. The lowest BCUT2D eigenvalue weighted by Crippen LogP contribution is -2.46. The van der Waals surface area contributed by atoms with Crippen molar-refractivity contribution in [2.75, 3.05) is 32.5 Å². The number of alkyl halides is 3. The minimum absolute atomic E-state index is 0.0190. The summed E-state index contributed by atoms with van der Waals surface area (Å²) in [6.45, 7) is 4.27. The fraction of sp³-hybridized carbons (Fsp3) is 0.378. The number of hydrogen-bond donors (Lipinski definition) is 2. The fourth-order valence-corrected chi connectivity index (χ4v) is 8.26. The molecule has 288 valence electrons. The van der Waals surface area contributed by atoms with Crippen LogP contribution in [0.25, 0.3) is 17.2 Å². The van der Waals surface area contributed by atoms with Gasteiger partial charge in [-0.2, -0.15) is 22.7 Å². The highest BCUT2D eigenvalue weighted by Gasteiger charge is 2.49. The third kappa shape index (κ3) is 7.02. The Hall–Kier alpha value is -5.06. The van der Waals surface area contributed by atoms with Crippen LogP contribution < -0.4 is 10.9 Å². The van der Waals surface area contributed by atoms with E-state index in [2.05, 4.69) is 20.4 Å². The maximum absolute atomic E-state index is 14.6. The van der Waals surface area contributed by atoms with E-state index in [0.29, 0.717) is 47.7 Å². The molecule has 2 aliphatic rings.